The first-order chi connectivity index (χ1) is 4.88. The molecule has 52 valence electrons. The first-order valence-electron chi connectivity index (χ1n) is 2.90. The Morgan fingerprint density at radius 3 is 3.40 bits per heavy atom. The Morgan fingerprint density at radius 2 is 2.60 bits per heavy atom. The minimum atomic E-state index is 0.132. The Labute approximate surface area is 62.2 Å². The van der Waals surface area contributed by atoms with Crippen LogP contribution in [0.15, 0.2) is 22.8 Å². The number of carbonyl (C=O) groups is 1. The fourth-order valence-electron chi connectivity index (χ4n) is 0.874. The van der Waals surface area contributed by atoms with Crippen molar-refractivity contribution in [2.24, 2.45) is 0 Å². The van der Waals surface area contributed by atoms with Gasteiger partial charge in [0.25, 0.3) is 0 Å². The molecule has 1 aliphatic heterocycles. The first-order valence-corrected chi connectivity index (χ1v) is 3.72. The zero-order valence-corrected chi connectivity index (χ0v) is 5.90. The van der Waals surface area contributed by atoms with Gasteiger partial charge in [0, 0.05) is 18.4 Å². The summed E-state index contributed by atoms with van der Waals surface area (Å²) >= 11 is 1.24. The molecule has 1 aliphatic carbocycles. The maximum atomic E-state index is 11.0. The quantitative estimate of drug-likeness (QED) is 0.528. The van der Waals surface area contributed by atoms with Gasteiger partial charge in [-0.2, -0.15) is 0 Å². The average molecular weight is 155 g/mol. The number of hydrogen-bond acceptors (Lipinski definition) is 4. The molecule has 0 radical (unpaired) electrons. The van der Waals surface area contributed by atoms with Crippen LogP contribution in [0.2, 0.25) is 0 Å². The highest BCUT2D eigenvalue weighted by Crippen LogP contribution is 2.29. The van der Waals surface area contributed by atoms with E-state index in [1.807, 2.05) is 6.08 Å². The Morgan fingerprint density at radius 1 is 1.70 bits per heavy atom. The molecular weight excluding hydrogens is 150 g/mol. The number of allylic oxidation sites excluding steroid dienone is 3. The summed E-state index contributed by atoms with van der Waals surface area (Å²) in [6.45, 7) is 0. The molecule has 0 aromatic heterocycles. The van der Waals surface area contributed by atoms with Crippen LogP contribution in [-0.4, -0.2) is 5.78 Å². The van der Waals surface area contributed by atoms with Gasteiger partial charge >= 0.3 is 0 Å². The fraction of sp³-hybridized carbons (Fsp3) is 0.167. The molecule has 0 bridgehead atoms. The van der Waals surface area contributed by atoms with E-state index >= 15 is 0 Å². The lowest BCUT2D eigenvalue weighted by Gasteiger charge is -2.00. The molecule has 3 nitrogen and oxygen atoms in total. The van der Waals surface area contributed by atoms with Crippen LogP contribution < -0.4 is 4.89 Å². The van der Waals surface area contributed by atoms with Crippen LogP contribution in [0.5, 0.6) is 0 Å². The molecule has 4 heteroatoms. The van der Waals surface area contributed by atoms with Crippen LogP contribution >= 0.6 is 11.9 Å². The maximum absolute atomic E-state index is 11.0. The molecule has 0 spiro atoms. The molecule has 0 saturated heterocycles. The van der Waals surface area contributed by atoms with E-state index in [0.29, 0.717) is 17.1 Å². The Bertz CT molecular complexity index is 244. The second kappa shape index (κ2) is 2.14. The summed E-state index contributed by atoms with van der Waals surface area (Å²) in [7, 11) is 0. The van der Waals surface area contributed by atoms with Gasteiger partial charge in [0.1, 0.15) is 4.91 Å². The van der Waals surface area contributed by atoms with Gasteiger partial charge < -0.3 is 4.84 Å². The molecule has 0 atom stereocenters. The summed E-state index contributed by atoms with van der Waals surface area (Å²) in [5.41, 5.74) is 0. The summed E-state index contributed by atoms with van der Waals surface area (Å²) in [5.74, 6) is 0.786. The molecule has 2 rings (SSSR count). The highest BCUT2D eigenvalue weighted by molar-refractivity contribution is 8.02. The molecule has 0 amide bonds. The van der Waals surface area contributed by atoms with Crippen molar-refractivity contribution in [3.05, 3.63) is 22.8 Å². The van der Waals surface area contributed by atoms with Crippen LogP contribution in [0.1, 0.15) is 6.42 Å². The number of nitrogens with one attached hydrogen (secondary N) is 1. The van der Waals surface area contributed by atoms with Crippen molar-refractivity contribution < 1.29 is 9.63 Å². The smallest absolute Gasteiger partial charge is 0.178 e. The lowest BCUT2D eigenvalue weighted by atomic mass is 10.1. The van der Waals surface area contributed by atoms with Gasteiger partial charge in [-0.05, 0) is 6.08 Å². The largest absolute Gasteiger partial charge is 0.396 e. The molecule has 1 N–H and O–H groups in total. The fourth-order valence-corrected chi connectivity index (χ4v) is 1.50. The molecule has 0 fully saturated rings. The van der Waals surface area contributed by atoms with Crippen LogP contribution in [0.25, 0.3) is 0 Å². The standard InChI is InChI=1S/C6H5NO2S/c8-4-2-1-3-5-6(4)10-7-9-5/h1,3,7H,2H2. The van der Waals surface area contributed by atoms with Crippen molar-refractivity contribution in [3.63, 3.8) is 0 Å². The van der Waals surface area contributed by atoms with Gasteiger partial charge in [-0.25, -0.2) is 0 Å². The molecule has 0 aromatic rings. The van der Waals surface area contributed by atoms with Crippen molar-refractivity contribution in [2.45, 2.75) is 6.42 Å². The molecule has 2 aliphatic rings. The molecule has 0 saturated carbocycles. The minimum Gasteiger partial charge on any atom is -0.396 e. The molecule has 10 heavy (non-hydrogen) atoms. The number of Topliss-reactive ketones (excluding diaryl/α,β-unsaturated/α-hetero) is 1. The van der Waals surface area contributed by atoms with Gasteiger partial charge in [-0.15, -0.1) is 0 Å². The topological polar surface area (TPSA) is 38.3 Å². The van der Waals surface area contributed by atoms with E-state index in [-0.39, 0.29) is 5.78 Å². The van der Waals surface area contributed by atoms with E-state index in [4.69, 9.17) is 4.84 Å². The monoisotopic (exact) mass is 155 g/mol. The van der Waals surface area contributed by atoms with Gasteiger partial charge in [0.15, 0.2) is 11.5 Å². The van der Waals surface area contributed by atoms with Gasteiger partial charge in [-0.1, -0.05) is 11.0 Å². The predicted molar refractivity (Wildman–Crippen MR) is 37.6 cm³/mol. The molecular formula is C6H5NO2S. The van der Waals surface area contributed by atoms with E-state index < -0.39 is 0 Å². The Kier molecular flexibility index (Phi) is 1.28. The highest BCUT2D eigenvalue weighted by atomic mass is 32.2. The molecule has 0 aromatic carbocycles. The zero-order valence-electron chi connectivity index (χ0n) is 5.09. The lowest BCUT2D eigenvalue weighted by molar-refractivity contribution is -0.114. The minimum absolute atomic E-state index is 0.132. The zero-order chi connectivity index (χ0) is 6.97. The van der Waals surface area contributed by atoms with Gasteiger partial charge in [0.05, 0.1) is 0 Å². The van der Waals surface area contributed by atoms with E-state index in [1.165, 1.54) is 11.9 Å². The third-order valence-corrected chi connectivity index (χ3v) is 2.14. The molecule has 1 heterocycles. The van der Waals surface area contributed by atoms with E-state index in [9.17, 15) is 4.79 Å². The van der Waals surface area contributed by atoms with Crippen LogP contribution in [0, 0.1) is 0 Å². The normalized spacial score (nSPS) is 23.0. The predicted octanol–water partition coefficient (Wildman–Crippen LogP) is 0.910. The second-order valence-electron chi connectivity index (χ2n) is 2.01. The molecule has 0 unspecified atom stereocenters. The van der Waals surface area contributed by atoms with Crippen LogP contribution in [0.3, 0.4) is 0 Å². The average Bonchev–Trinajstić information content (AvgIpc) is 2.36. The first kappa shape index (κ1) is 6.00. The maximum Gasteiger partial charge on any atom is 0.178 e. The van der Waals surface area contributed by atoms with E-state index in [2.05, 4.69) is 4.89 Å². The van der Waals surface area contributed by atoms with Crippen molar-refractivity contribution in [3.8, 4) is 0 Å². The van der Waals surface area contributed by atoms with Crippen LogP contribution in [-0.2, 0) is 9.63 Å². The lowest BCUT2D eigenvalue weighted by Crippen LogP contribution is -2.01. The van der Waals surface area contributed by atoms with Crippen molar-refractivity contribution in [1.29, 1.82) is 0 Å². The third-order valence-electron chi connectivity index (χ3n) is 1.34. The summed E-state index contributed by atoms with van der Waals surface area (Å²) in [5, 5.41) is 0. The Hall–Kier alpha value is -0.740. The summed E-state index contributed by atoms with van der Waals surface area (Å²) < 4.78 is 0. The number of carbonyl (C=O) groups excluding carboxylic acids is 1. The third kappa shape index (κ3) is 0.767. The van der Waals surface area contributed by atoms with E-state index in [1.54, 1.807) is 6.08 Å². The second-order valence-corrected chi connectivity index (χ2v) is 2.79. The van der Waals surface area contributed by atoms with Crippen LogP contribution in [0.4, 0.5) is 0 Å². The summed E-state index contributed by atoms with van der Waals surface area (Å²) in [6.07, 6.45) is 4.11. The summed E-state index contributed by atoms with van der Waals surface area (Å²) in [6, 6.07) is 0. The van der Waals surface area contributed by atoms with E-state index in [0.717, 1.165) is 0 Å². The Balaban J connectivity index is 2.39. The van der Waals surface area contributed by atoms with Crippen molar-refractivity contribution in [2.75, 3.05) is 0 Å². The highest BCUT2D eigenvalue weighted by Gasteiger charge is 2.23. The number of rotatable bonds is 0. The van der Waals surface area contributed by atoms with Crippen molar-refractivity contribution in [1.82, 2.24) is 4.89 Å². The van der Waals surface area contributed by atoms with Gasteiger partial charge in [-0.3, -0.25) is 4.79 Å². The number of ketones is 1. The van der Waals surface area contributed by atoms with Gasteiger partial charge in [0.2, 0.25) is 0 Å². The number of hydrogen-bond donors (Lipinski definition) is 1. The SMILES string of the molecule is O=C1CC=CC2=C1SNO2. The van der Waals surface area contributed by atoms with Crippen molar-refractivity contribution >= 4 is 17.7 Å². The summed E-state index contributed by atoms with van der Waals surface area (Å²) in [4.78, 5) is 19.2.